The Bertz CT molecular complexity index is 1120. The highest BCUT2D eigenvalue weighted by atomic mass is 16.6. The van der Waals surface area contributed by atoms with E-state index in [1.165, 1.54) is 4.90 Å². The summed E-state index contributed by atoms with van der Waals surface area (Å²) in [7, 11) is 0. The lowest BCUT2D eigenvalue weighted by Gasteiger charge is -2.24. The number of carbonyl (C=O) groups is 4. The maximum absolute atomic E-state index is 13.1. The van der Waals surface area contributed by atoms with Gasteiger partial charge < -0.3 is 19.5 Å². The Morgan fingerprint density at radius 2 is 1.66 bits per heavy atom. The number of nitrogens with one attached hydrogen (secondary N) is 1. The molecular formula is C26H28N2O7. The molecule has 2 aliphatic rings. The second-order valence-electron chi connectivity index (χ2n) is 9.03. The van der Waals surface area contributed by atoms with Crippen molar-refractivity contribution in [3.8, 4) is 11.1 Å². The molecule has 35 heavy (non-hydrogen) atoms. The number of hydrogen-bond donors (Lipinski definition) is 2. The molecule has 0 radical (unpaired) electrons. The molecule has 0 saturated carbocycles. The third-order valence-electron chi connectivity index (χ3n) is 6.68. The Morgan fingerprint density at radius 3 is 2.20 bits per heavy atom. The van der Waals surface area contributed by atoms with Gasteiger partial charge in [-0.2, -0.15) is 0 Å². The first-order valence-corrected chi connectivity index (χ1v) is 11.6. The van der Waals surface area contributed by atoms with Gasteiger partial charge in [-0.25, -0.2) is 9.59 Å². The first-order valence-electron chi connectivity index (χ1n) is 11.6. The fourth-order valence-electron chi connectivity index (χ4n) is 4.71. The van der Waals surface area contributed by atoms with E-state index in [4.69, 9.17) is 9.47 Å². The minimum Gasteiger partial charge on any atom is -0.481 e. The Balaban J connectivity index is 1.45. The van der Waals surface area contributed by atoms with Crippen LogP contribution >= 0.6 is 0 Å². The number of ether oxygens (including phenoxy) is 2. The topological polar surface area (TPSA) is 122 Å². The molecule has 0 bridgehead atoms. The number of rotatable bonds is 7. The summed E-state index contributed by atoms with van der Waals surface area (Å²) in [4.78, 5) is 51.1. The largest absolute Gasteiger partial charge is 0.481 e. The van der Waals surface area contributed by atoms with Gasteiger partial charge in [0, 0.05) is 19.0 Å². The van der Waals surface area contributed by atoms with Gasteiger partial charge in [-0.15, -0.1) is 0 Å². The monoisotopic (exact) mass is 480 g/mol. The van der Waals surface area contributed by atoms with E-state index in [2.05, 4.69) is 5.32 Å². The van der Waals surface area contributed by atoms with Gasteiger partial charge in [0.25, 0.3) is 5.91 Å². The van der Waals surface area contributed by atoms with Crippen molar-refractivity contribution in [2.45, 2.75) is 32.2 Å². The number of alkyl carbamates (subject to hydrolysis) is 1. The third kappa shape index (κ3) is 4.71. The molecule has 2 aromatic rings. The lowest BCUT2D eigenvalue weighted by Crippen LogP contribution is -2.53. The van der Waals surface area contributed by atoms with E-state index in [1.54, 1.807) is 13.8 Å². The second-order valence-corrected chi connectivity index (χ2v) is 9.03. The van der Waals surface area contributed by atoms with Crippen molar-refractivity contribution in [1.29, 1.82) is 0 Å². The van der Waals surface area contributed by atoms with Crippen LogP contribution in [0.25, 0.3) is 11.1 Å². The summed E-state index contributed by atoms with van der Waals surface area (Å²) in [5.41, 5.74) is 3.10. The highest BCUT2D eigenvalue weighted by Crippen LogP contribution is 2.44. The smallest absolute Gasteiger partial charge is 0.408 e. The summed E-state index contributed by atoms with van der Waals surface area (Å²) < 4.78 is 10.5. The molecule has 1 fully saturated rings. The number of amides is 2. The minimum atomic E-state index is -1.62. The summed E-state index contributed by atoms with van der Waals surface area (Å²) >= 11 is 0. The standard InChI is InChI=1S/C26H28N2O7/c1-3-34-23(30)21(22(29)28-13-12-26(2,15-28)24(31)32)27-25(33)35-14-20-18-10-6-4-8-16(18)17-9-5-7-11-19(17)20/h4-11,20-21H,3,12-15H2,1-2H3,(H,27,33)(H,31,32). The highest BCUT2D eigenvalue weighted by molar-refractivity contribution is 6.04. The predicted molar refractivity (Wildman–Crippen MR) is 126 cm³/mol. The Kier molecular flexibility index (Phi) is 6.77. The van der Waals surface area contributed by atoms with E-state index in [-0.39, 0.29) is 38.6 Å². The van der Waals surface area contributed by atoms with Crippen LogP contribution in [0.3, 0.4) is 0 Å². The molecule has 0 spiro atoms. The summed E-state index contributed by atoms with van der Waals surface area (Å²) in [6, 6.07) is 14.1. The zero-order valence-corrected chi connectivity index (χ0v) is 19.7. The summed E-state index contributed by atoms with van der Waals surface area (Å²) in [6.07, 6.45) is -0.687. The molecule has 9 nitrogen and oxygen atoms in total. The van der Waals surface area contributed by atoms with Crippen LogP contribution in [0.5, 0.6) is 0 Å². The first kappa shape index (κ1) is 24.3. The number of esters is 1. The van der Waals surface area contributed by atoms with Crippen LogP contribution in [0.4, 0.5) is 4.79 Å². The van der Waals surface area contributed by atoms with Gasteiger partial charge in [0.2, 0.25) is 6.04 Å². The zero-order chi connectivity index (χ0) is 25.2. The van der Waals surface area contributed by atoms with Crippen LogP contribution in [0, 0.1) is 5.41 Å². The van der Waals surface area contributed by atoms with Crippen molar-refractivity contribution >= 4 is 23.9 Å². The molecule has 9 heteroatoms. The molecule has 184 valence electrons. The van der Waals surface area contributed by atoms with Crippen molar-refractivity contribution in [3.05, 3.63) is 59.7 Å². The van der Waals surface area contributed by atoms with Crippen molar-refractivity contribution in [2.75, 3.05) is 26.3 Å². The summed E-state index contributed by atoms with van der Waals surface area (Å²) in [6.45, 7) is 3.25. The number of aliphatic carboxylic acids is 1. The highest BCUT2D eigenvalue weighted by Gasteiger charge is 2.45. The lowest BCUT2D eigenvalue weighted by molar-refractivity contribution is -0.152. The Hall–Kier alpha value is -3.88. The average molecular weight is 481 g/mol. The number of carbonyl (C=O) groups excluding carboxylic acids is 3. The van der Waals surface area contributed by atoms with Crippen LogP contribution in [0.15, 0.2) is 48.5 Å². The average Bonchev–Trinajstić information content (AvgIpc) is 3.40. The summed E-state index contributed by atoms with van der Waals surface area (Å²) in [5.74, 6) is -2.85. The molecule has 2 amide bonds. The van der Waals surface area contributed by atoms with Crippen molar-refractivity contribution in [3.63, 3.8) is 0 Å². The lowest BCUT2D eigenvalue weighted by atomic mass is 9.90. The fraction of sp³-hybridized carbons (Fsp3) is 0.385. The number of likely N-dealkylation sites (tertiary alicyclic amines) is 1. The van der Waals surface area contributed by atoms with Gasteiger partial charge in [-0.3, -0.25) is 14.9 Å². The molecule has 2 unspecified atom stereocenters. The molecule has 4 rings (SSSR count). The molecule has 1 aliphatic carbocycles. The molecule has 1 saturated heterocycles. The van der Waals surface area contributed by atoms with Gasteiger partial charge in [-0.05, 0) is 42.5 Å². The molecule has 2 aromatic carbocycles. The number of benzene rings is 2. The van der Waals surface area contributed by atoms with E-state index < -0.39 is 35.4 Å². The molecule has 1 heterocycles. The maximum atomic E-state index is 13.1. The van der Waals surface area contributed by atoms with Crippen LogP contribution in [-0.2, 0) is 23.9 Å². The maximum Gasteiger partial charge on any atom is 0.408 e. The van der Waals surface area contributed by atoms with Crippen molar-refractivity contribution < 1.29 is 33.8 Å². The number of nitrogens with zero attached hydrogens (tertiary/aromatic N) is 1. The van der Waals surface area contributed by atoms with Gasteiger partial charge in [0.1, 0.15) is 6.61 Å². The third-order valence-corrected chi connectivity index (χ3v) is 6.68. The van der Waals surface area contributed by atoms with Gasteiger partial charge in [0.15, 0.2) is 0 Å². The zero-order valence-electron chi connectivity index (χ0n) is 19.7. The van der Waals surface area contributed by atoms with E-state index in [0.717, 1.165) is 22.3 Å². The van der Waals surface area contributed by atoms with Crippen LogP contribution in [0.1, 0.15) is 37.3 Å². The molecule has 0 aromatic heterocycles. The van der Waals surface area contributed by atoms with Gasteiger partial charge in [-0.1, -0.05) is 48.5 Å². The normalized spacial score (nSPS) is 19.4. The molecule has 2 N–H and O–H groups in total. The van der Waals surface area contributed by atoms with E-state index in [1.807, 2.05) is 48.5 Å². The quantitative estimate of drug-likeness (QED) is 0.462. The van der Waals surface area contributed by atoms with E-state index in [0.29, 0.717) is 0 Å². The SMILES string of the molecule is CCOC(=O)C(NC(=O)OCC1c2ccccc2-c2ccccc21)C(=O)N1CCC(C)(C(=O)O)C1. The number of hydrogen-bond acceptors (Lipinski definition) is 6. The number of fused-ring (bicyclic) bond motifs is 3. The van der Waals surface area contributed by atoms with Crippen molar-refractivity contribution in [1.82, 2.24) is 10.2 Å². The van der Waals surface area contributed by atoms with E-state index in [9.17, 15) is 24.3 Å². The minimum absolute atomic E-state index is 0.0157. The van der Waals surface area contributed by atoms with Gasteiger partial charge in [0.05, 0.1) is 12.0 Å². The van der Waals surface area contributed by atoms with Gasteiger partial charge >= 0.3 is 18.0 Å². The van der Waals surface area contributed by atoms with Crippen LogP contribution < -0.4 is 5.32 Å². The Labute approximate surface area is 203 Å². The van der Waals surface area contributed by atoms with E-state index >= 15 is 0 Å². The summed E-state index contributed by atoms with van der Waals surface area (Å²) in [5, 5.41) is 11.8. The fourth-order valence-corrected chi connectivity index (χ4v) is 4.71. The second kappa shape index (κ2) is 9.77. The number of carboxylic acid groups (broad SMARTS) is 1. The van der Waals surface area contributed by atoms with Crippen molar-refractivity contribution in [2.24, 2.45) is 5.41 Å². The van der Waals surface area contributed by atoms with Crippen LogP contribution in [-0.4, -0.2) is 66.3 Å². The Morgan fingerprint density at radius 1 is 1.06 bits per heavy atom. The predicted octanol–water partition coefficient (Wildman–Crippen LogP) is 2.78. The molecule has 2 atom stereocenters. The van der Waals surface area contributed by atoms with Crippen LogP contribution in [0.2, 0.25) is 0 Å². The molecule has 1 aliphatic heterocycles. The molecular weight excluding hydrogens is 452 g/mol. The first-order chi connectivity index (χ1) is 16.7. The number of carboxylic acids is 1.